The molecule has 1 aromatic heterocycles. The lowest BCUT2D eigenvalue weighted by Crippen LogP contribution is -2.49. The average molecular weight is 370 g/mol. The number of piperazine rings is 1. The third-order valence-electron chi connectivity index (χ3n) is 5.25. The third-order valence-corrected chi connectivity index (χ3v) is 5.25. The molecule has 146 valence electrons. The normalized spacial score (nSPS) is 16.9. The van der Waals surface area contributed by atoms with Crippen molar-refractivity contribution in [1.82, 2.24) is 19.7 Å². The van der Waals surface area contributed by atoms with Crippen LogP contribution in [0.2, 0.25) is 0 Å². The van der Waals surface area contributed by atoms with Crippen molar-refractivity contribution in [3.05, 3.63) is 53.9 Å². The van der Waals surface area contributed by atoms with Crippen LogP contribution >= 0.6 is 0 Å². The van der Waals surface area contributed by atoms with Crippen molar-refractivity contribution in [3.8, 4) is 5.75 Å². The van der Waals surface area contributed by atoms with Gasteiger partial charge in [0.2, 0.25) is 0 Å². The second kappa shape index (κ2) is 9.06. The van der Waals surface area contributed by atoms with Crippen LogP contribution in [-0.2, 0) is 11.8 Å². The number of rotatable bonds is 7. The van der Waals surface area contributed by atoms with Crippen molar-refractivity contribution in [2.45, 2.75) is 13.0 Å². The van der Waals surface area contributed by atoms with E-state index in [4.69, 9.17) is 4.74 Å². The molecule has 1 saturated heterocycles. The lowest BCUT2D eigenvalue weighted by atomic mass is 10.1. The minimum Gasteiger partial charge on any atom is -0.484 e. The summed E-state index contributed by atoms with van der Waals surface area (Å²) in [6, 6.07) is 12.1. The van der Waals surface area contributed by atoms with Gasteiger partial charge in [0.1, 0.15) is 5.75 Å². The van der Waals surface area contributed by atoms with Crippen LogP contribution in [0.5, 0.6) is 5.75 Å². The van der Waals surface area contributed by atoms with E-state index in [0.29, 0.717) is 6.54 Å². The topological polar surface area (TPSA) is 49.7 Å². The molecule has 1 N–H and O–H groups in total. The first-order valence-electron chi connectivity index (χ1n) is 9.53. The summed E-state index contributed by atoms with van der Waals surface area (Å²) in [6.45, 7) is 6.69. The highest BCUT2D eigenvalue weighted by Gasteiger charge is 2.25. The summed E-state index contributed by atoms with van der Waals surface area (Å²) >= 11 is 0. The number of ether oxygens (including phenoxy) is 1. The maximum Gasteiger partial charge on any atom is 0.258 e. The number of benzene rings is 1. The Kier molecular flexibility index (Phi) is 6.53. The number of hydrogen-bond acceptors (Lipinski definition) is 4. The Balaban J connectivity index is 1.58. The van der Waals surface area contributed by atoms with Crippen molar-refractivity contribution in [1.29, 1.82) is 0 Å². The van der Waals surface area contributed by atoms with Gasteiger partial charge in [-0.1, -0.05) is 18.2 Å². The molecule has 1 atom stereocenters. The summed E-state index contributed by atoms with van der Waals surface area (Å²) < 4.78 is 7.81. The van der Waals surface area contributed by atoms with Crippen molar-refractivity contribution >= 4 is 5.91 Å². The Morgan fingerprint density at radius 3 is 2.52 bits per heavy atom. The molecule has 1 unspecified atom stereocenters. The van der Waals surface area contributed by atoms with Gasteiger partial charge in [-0.2, -0.15) is 0 Å². The van der Waals surface area contributed by atoms with Gasteiger partial charge >= 0.3 is 0 Å². The molecule has 6 heteroatoms. The van der Waals surface area contributed by atoms with E-state index in [2.05, 4.69) is 52.1 Å². The summed E-state index contributed by atoms with van der Waals surface area (Å²) in [5.41, 5.74) is 2.25. The fourth-order valence-corrected chi connectivity index (χ4v) is 3.50. The van der Waals surface area contributed by atoms with Gasteiger partial charge in [-0.25, -0.2) is 0 Å². The smallest absolute Gasteiger partial charge is 0.258 e. The van der Waals surface area contributed by atoms with Crippen molar-refractivity contribution in [2.24, 2.45) is 7.05 Å². The van der Waals surface area contributed by atoms with Crippen molar-refractivity contribution < 1.29 is 9.53 Å². The summed E-state index contributed by atoms with van der Waals surface area (Å²) in [4.78, 5) is 17.1. The number of amides is 1. The number of para-hydroxylation sites is 1. The van der Waals surface area contributed by atoms with Crippen LogP contribution in [0, 0.1) is 6.92 Å². The molecule has 1 aliphatic rings. The number of likely N-dealkylation sites (N-methyl/N-ethyl adjacent to an activating group) is 1. The fraction of sp³-hybridized carbons (Fsp3) is 0.476. The van der Waals surface area contributed by atoms with Gasteiger partial charge < -0.3 is 19.5 Å². The molecule has 0 saturated carbocycles. The van der Waals surface area contributed by atoms with Gasteiger partial charge in [0.25, 0.3) is 5.91 Å². The zero-order valence-electron chi connectivity index (χ0n) is 16.5. The molecule has 0 spiro atoms. The quantitative estimate of drug-likeness (QED) is 0.808. The predicted molar refractivity (Wildman–Crippen MR) is 107 cm³/mol. The molecule has 2 heterocycles. The first-order chi connectivity index (χ1) is 13.0. The molecule has 1 fully saturated rings. The molecule has 1 aromatic carbocycles. The number of nitrogens with one attached hydrogen (secondary N) is 1. The predicted octanol–water partition coefficient (Wildman–Crippen LogP) is 1.82. The van der Waals surface area contributed by atoms with Gasteiger partial charge in [0, 0.05) is 51.7 Å². The van der Waals surface area contributed by atoms with Crippen LogP contribution in [-0.4, -0.2) is 66.7 Å². The van der Waals surface area contributed by atoms with Crippen LogP contribution < -0.4 is 10.1 Å². The molecule has 1 amide bonds. The second-order valence-electron chi connectivity index (χ2n) is 7.26. The minimum absolute atomic E-state index is 0.0352. The summed E-state index contributed by atoms with van der Waals surface area (Å²) in [7, 11) is 4.21. The van der Waals surface area contributed by atoms with Crippen LogP contribution in [0.4, 0.5) is 0 Å². The SMILES string of the molecule is Cc1ccccc1OCC(=O)NCC(c1cccn1C)N1CCN(C)CC1. The molecule has 2 aromatic rings. The maximum absolute atomic E-state index is 12.4. The van der Waals surface area contributed by atoms with Gasteiger partial charge in [-0.05, 0) is 37.7 Å². The summed E-state index contributed by atoms with van der Waals surface area (Å²) in [5, 5.41) is 3.06. The second-order valence-corrected chi connectivity index (χ2v) is 7.26. The van der Waals surface area contributed by atoms with E-state index >= 15 is 0 Å². The molecular weight excluding hydrogens is 340 g/mol. The Bertz CT molecular complexity index is 750. The summed E-state index contributed by atoms with van der Waals surface area (Å²) in [6.07, 6.45) is 2.06. The number of hydrogen-bond donors (Lipinski definition) is 1. The van der Waals surface area contributed by atoms with E-state index in [1.807, 2.05) is 31.2 Å². The monoisotopic (exact) mass is 370 g/mol. The first kappa shape index (κ1) is 19.5. The number of carbonyl (C=O) groups excluding carboxylic acids is 1. The zero-order valence-corrected chi connectivity index (χ0v) is 16.5. The first-order valence-corrected chi connectivity index (χ1v) is 9.53. The summed E-state index contributed by atoms with van der Waals surface area (Å²) in [5.74, 6) is 0.664. The van der Waals surface area contributed by atoms with Gasteiger partial charge in [0.15, 0.2) is 6.61 Å². The average Bonchev–Trinajstić information content (AvgIpc) is 3.08. The standard InChI is InChI=1S/C21H30N4O2/c1-17-7-4-5-9-20(17)27-16-21(26)22-15-19(18-8-6-10-24(18)3)25-13-11-23(2)12-14-25/h4-10,19H,11-16H2,1-3H3,(H,22,26). The van der Waals surface area contributed by atoms with Crippen LogP contribution in [0.25, 0.3) is 0 Å². The van der Waals surface area contributed by atoms with Gasteiger partial charge in [-0.3, -0.25) is 9.69 Å². The van der Waals surface area contributed by atoms with E-state index in [9.17, 15) is 4.79 Å². The molecule has 0 bridgehead atoms. The minimum atomic E-state index is -0.0911. The van der Waals surface area contributed by atoms with E-state index in [-0.39, 0.29) is 18.6 Å². The third kappa shape index (κ3) is 5.11. The molecule has 0 aliphatic carbocycles. The van der Waals surface area contributed by atoms with Crippen LogP contribution in [0.1, 0.15) is 17.3 Å². The zero-order chi connectivity index (χ0) is 19.2. The lowest BCUT2D eigenvalue weighted by Gasteiger charge is -2.38. The molecule has 0 radical (unpaired) electrons. The Hall–Kier alpha value is -2.31. The van der Waals surface area contributed by atoms with E-state index in [1.165, 1.54) is 5.69 Å². The number of carbonyl (C=O) groups is 1. The molecule has 1 aliphatic heterocycles. The fourth-order valence-electron chi connectivity index (χ4n) is 3.50. The number of nitrogens with zero attached hydrogens (tertiary/aromatic N) is 3. The van der Waals surface area contributed by atoms with Crippen LogP contribution in [0.3, 0.4) is 0 Å². The highest BCUT2D eigenvalue weighted by atomic mass is 16.5. The van der Waals surface area contributed by atoms with Gasteiger partial charge in [-0.15, -0.1) is 0 Å². The van der Waals surface area contributed by atoms with E-state index in [1.54, 1.807) is 0 Å². The Morgan fingerprint density at radius 2 is 1.85 bits per heavy atom. The highest BCUT2D eigenvalue weighted by Crippen LogP contribution is 2.22. The highest BCUT2D eigenvalue weighted by molar-refractivity contribution is 5.77. The number of aryl methyl sites for hydroxylation is 2. The Morgan fingerprint density at radius 1 is 1.11 bits per heavy atom. The maximum atomic E-state index is 12.4. The van der Waals surface area contributed by atoms with Crippen molar-refractivity contribution in [2.75, 3.05) is 46.4 Å². The molecule has 3 rings (SSSR count). The molecule has 27 heavy (non-hydrogen) atoms. The van der Waals surface area contributed by atoms with E-state index in [0.717, 1.165) is 37.5 Å². The van der Waals surface area contributed by atoms with E-state index < -0.39 is 0 Å². The molecule has 6 nitrogen and oxygen atoms in total. The Labute approximate surface area is 161 Å². The lowest BCUT2D eigenvalue weighted by molar-refractivity contribution is -0.123. The van der Waals surface area contributed by atoms with Gasteiger partial charge in [0.05, 0.1) is 6.04 Å². The largest absolute Gasteiger partial charge is 0.484 e. The van der Waals surface area contributed by atoms with Crippen LogP contribution in [0.15, 0.2) is 42.6 Å². The number of aromatic nitrogens is 1. The van der Waals surface area contributed by atoms with Crippen molar-refractivity contribution in [3.63, 3.8) is 0 Å². The molecular formula is C21H30N4O2.